The number of phenolic OH excluding ortho intramolecular Hbond substituents is 1. The topological polar surface area (TPSA) is 87.1 Å². The predicted octanol–water partition coefficient (Wildman–Crippen LogP) is 4.69. The Hall–Kier alpha value is -3.90. The molecule has 2 unspecified atom stereocenters. The number of ether oxygens (including phenoxy) is 2. The third kappa shape index (κ3) is 4.41. The highest BCUT2D eigenvalue weighted by Gasteiger charge is 2.49. The summed E-state index contributed by atoms with van der Waals surface area (Å²) in [5.41, 5.74) is -0.608. The first kappa shape index (κ1) is 27.6. The van der Waals surface area contributed by atoms with Crippen LogP contribution in [0.2, 0.25) is 0 Å². The fourth-order valence-corrected chi connectivity index (χ4v) is 7.58. The van der Waals surface area contributed by atoms with E-state index in [0.29, 0.717) is 42.7 Å². The van der Waals surface area contributed by atoms with Crippen LogP contribution in [0.5, 0.6) is 17.6 Å². The molecule has 230 valence electrons. The second-order valence-electron chi connectivity index (χ2n) is 12.6. The number of benzene rings is 2. The lowest BCUT2D eigenvalue weighted by molar-refractivity contribution is 0.107. The molecule has 1 N–H and O–H groups in total. The second-order valence-corrected chi connectivity index (χ2v) is 12.6. The standard InChI is InChI=1S/C32H33F3N6O3/c1-39-9-6-20-16-43-30-25-28(26(35)27(36-30)22-13-21(42)12-18-4-2-5-23(34)24(18)22)37-31(38-29(25)41(20)11-10-39)44-17-32-7-3-8-40(32)15-19(33)14-32/h2,4-5,12-13,19-20,42H,3,6-11,14-17H2,1H3/t19-,20?,32?/m1/s1. The maximum Gasteiger partial charge on any atom is 0.319 e. The van der Waals surface area contributed by atoms with Crippen LogP contribution in [0.15, 0.2) is 30.3 Å². The van der Waals surface area contributed by atoms with E-state index in [9.17, 15) is 9.50 Å². The molecule has 4 aliphatic heterocycles. The first-order valence-corrected chi connectivity index (χ1v) is 15.2. The minimum absolute atomic E-state index is 0.0109. The number of pyridine rings is 1. The van der Waals surface area contributed by atoms with E-state index >= 15 is 8.78 Å². The summed E-state index contributed by atoms with van der Waals surface area (Å²) in [4.78, 5) is 20.5. The van der Waals surface area contributed by atoms with Gasteiger partial charge >= 0.3 is 6.01 Å². The zero-order chi connectivity index (χ0) is 30.2. The Morgan fingerprint density at radius 3 is 2.86 bits per heavy atom. The summed E-state index contributed by atoms with van der Waals surface area (Å²) in [6, 6.07) is 7.12. The highest BCUT2D eigenvalue weighted by Crippen LogP contribution is 2.44. The molecule has 0 bridgehead atoms. The van der Waals surface area contributed by atoms with Gasteiger partial charge in [-0.2, -0.15) is 9.97 Å². The molecule has 4 aliphatic rings. The Labute approximate surface area is 252 Å². The molecule has 8 rings (SSSR count). The molecule has 0 spiro atoms. The van der Waals surface area contributed by atoms with Gasteiger partial charge in [0, 0.05) is 37.0 Å². The molecule has 44 heavy (non-hydrogen) atoms. The van der Waals surface area contributed by atoms with Gasteiger partial charge in [0.15, 0.2) is 5.82 Å². The molecule has 3 atom stereocenters. The molecular formula is C32H33F3N6O3. The molecule has 9 nitrogen and oxygen atoms in total. The molecule has 0 amide bonds. The van der Waals surface area contributed by atoms with Gasteiger partial charge in [-0.1, -0.05) is 12.1 Å². The van der Waals surface area contributed by atoms with Crippen molar-refractivity contribution >= 4 is 27.5 Å². The molecule has 2 aromatic heterocycles. The summed E-state index contributed by atoms with van der Waals surface area (Å²) in [6.45, 7) is 3.93. The van der Waals surface area contributed by atoms with Gasteiger partial charge in [-0.05, 0) is 63.0 Å². The molecule has 0 aliphatic carbocycles. The van der Waals surface area contributed by atoms with Crippen molar-refractivity contribution in [1.82, 2.24) is 24.8 Å². The van der Waals surface area contributed by atoms with Gasteiger partial charge in [0.25, 0.3) is 0 Å². The number of nitrogens with zero attached hydrogens (tertiary/aromatic N) is 6. The summed E-state index contributed by atoms with van der Waals surface area (Å²) in [7, 11) is 2.06. The fraction of sp³-hybridized carbons (Fsp3) is 0.469. The molecule has 2 aromatic carbocycles. The number of aromatic nitrogens is 3. The van der Waals surface area contributed by atoms with Crippen molar-refractivity contribution < 1.29 is 27.8 Å². The van der Waals surface area contributed by atoms with E-state index in [-0.39, 0.29) is 52.4 Å². The maximum atomic E-state index is 16.8. The van der Waals surface area contributed by atoms with Gasteiger partial charge in [0.2, 0.25) is 5.88 Å². The van der Waals surface area contributed by atoms with Crippen molar-refractivity contribution in [2.75, 3.05) is 57.9 Å². The molecule has 4 aromatic rings. The van der Waals surface area contributed by atoms with E-state index in [2.05, 4.69) is 31.7 Å². The first-order chi connectivity index (χ1) is 21.3. The molecule has 3 saturated heterocycles. The molecule has 3 fully saturated rings. The average molecular weight is 607 g/mol. The Morgan fingerprint density at radius 2 is 1.98 bits per heavy atom. The molecule has 6 heterocycles. The lowest BCUT2D eigenvalue weighted by Crippen LogP contribution is -2.43. The van der Waals surface area contributed by atoms with Crippen LogP contribution in [-0.4, -0.2) is 101 Å². The zero-order valence-corrected chi connectivity index (χ0v) is 24.4. The quantitative estimate of drug-likeness (QED) is 0.356. The van der Waals surface area contributed by atoms with E-state index in [4.69, 9.17) is 14.5 Å². The van der Waals surface area contributed by atoms with Crippen molar-refractivity contribution in [1.29, 1.82) is 0 Å². The van der Waals surface area contributed by atoms with Crippen LogP contribution < -0.4 is 14.4 Å². The van der Waals surface area contributed by atoms with Crippen LogP contribution in [0, 0.1) is 11.6 Å². The molecule has 12 heteroatoms. The summed E-state index contributed by atoms with van der Waals surface area (Å²) in [6.07, 6.45) is 2.02. The number of hydrogen-bond donors (Lipinski definition) is 1. The number of hydrogen-bond acceptors (Lipinski definition) is 9. The van der Waals surface area contributed by atoms with Gasteiger partial charge in [-0.3, -0.25) is 4.90 Å². The predicted molar refractivity (Wildman–Crippen MR) is 159 cm³/mol. The smallest absolute Gasteiger partial charge is 0.319 e. The summed E-state index contributed by atoms with van der Waals surface area (Å²) in [5.74, 6) is -0.911. The molecule has 0 radical (unpaired) electrons. The number of halogens is 3. The van der Waals surface area contributed by atoms with Crippen molar-refractivity contribution in [2.45, 2.75) is 43.4 Å². The van der Waals surface area contributed by atoms with Gasteiger partial charge in [-0.25, -0.2) is 18.2 Å². The highest BCUT2D eigenvalue weighted by molar-refractivity contribution is 6.02. The van der Waals surface area contributed by atoms with Crippen molar-refractivity contribution in [2.24, 2.45) is 0 Å². The van der Waals surface area contributed by atoms with Crippen LogP contribution in [0.1, 0.15) is 25.7 Å². The number of fused-ring (bicyclic) bond motifs is 4. The molecule has 0 saturated carbocycles. The first-order valence-electron chi connectivity index (χ1n) is 15.2. The third-order valence-electron chi connectivity index (χ3n) is 9.80. The number of anilines is 1. The van der Waals surface area contributed by atoms with Gasteiger partial charge in [0.1, 0.15) is 53.4 Å². The average Bonchev–Trinajstić information content (AvgIpc) is 3.39. The van der Waals surface area contributed by atoms with Gasteiger partial charge in [-0.15, -0.1) is 0 Å². The van der Waals surface area contributed by atoms with Crippen LogP contribution in [0.25, 0.3) is 32.9 Å². The third-order valence-corrected chi connectivity index (χ3v) is 9.80. The highest BCUT2D eigenvalue weighted by atomic mass is 19.1. The Morgan fingerprint density at radius 1 is 1.09 bits per heavy atom. The Bertz CT molecular complexity index is 1790. The summed E-state index contributed by atoms with van der Waals surface area (Å²) >= 11 is 0. The lowest BCUT2D eigenvalue weighted by atomic mass is 9.95. The molecular weight excluding hydrogens is 573 g/mol. The van der Waals surface area contributed by atoms with Crippen LogP contribution in [0.3, 0.4) is 0 Å². The van der Waals surface area contributed by atoms with Crippen molar-refractivity contribution in [3.8, 4) is 28.9 Å². The lowest BCUT2D eigenvalue weighted by Gasteiger charge is -2.31. The minimum Gasteiger partial charge on any atom is -0.508 e. The number of alkyl halides is 1. The van der Waals surface area contributed by atoms with Gasteiger partial charge < -0.3 is 24.4 Å². The number of rotatable bonds is 4. The Balaban J connectivity index is 1.31. The fourth-order valence-electron chi connectivity index (χ4n) is 7.58. The number of aromatic hydroxyl groups is 1. The van der Waals surface area contributed by atoms with Gasteiger partial charge in [0.05, 0.1) is 11.6 Å². The van der Waals surface area contributed by atoms with E-state index in [1.165, 1.54) is 24.3 Å². The normalized spacial score (nSPS) is 25.5. The Kier molecular flexibility index (Phi) is 6.49. The van der Waals surface area contributed by atoms with E-state index in [0.717, 1.165) is 38.9 Å². The largest absolute Gasteiger partial charge is 0.508 e. The SMILES string of the molecule is CN1CCC2COc3nc(-c4cc(O)cc5cccc(F)c45)c(F)c4nc(OCC56CCCN5C[C@H](F)C6)nc(c34)N2CC1. The maximum absolute atomic E-state index is 16.8. The van der Waals surface area contributed by atoms with E-state index < -0.39 is 23.3 Å². The number of likely N-dealkylation sites (N-methyl/N-ethyl adjacent to an activating group) is 1. The van der Waals surface area contributed by atoms with E-state index in [1.54, 1.807) is 6.07 Å². The van der Waals surface area contributed by atoms with Crippen LogP contribution in [-0.2, 0) is 0 Å². The van der Waals surface area contributed by atoms with Crippen molar-refractivity contribution in [3.05, 3.63) is 42.0 Å². The van der Waals surface area contributed by atoms with Crippen LogP contribution in [0.4, 0.5) is 19.0 Å². The summed E-state index contributed by atoms with van der Waals surface area (Å²) in [5, 5.41) is 11.4. The van der Waals surface area contributed by atoms with E-state index in [1.807, 2.05) is 0 Å². The van der Waals surface area contributed by atoms with Crippen LogP contribution >= 0.6 is 0 Å². The monoisotopic (exact) mass is 606 g/mol. The second kappa shape index (κ2) is 10.3. The number of phenols is 1. The minimum atomic E-state index is -0.917. The summed E-state index contributed by atoms with van der Waals surface area (Å²) < 4.78 is 59.0. The van der Waals surface area contributed by atoms with Crippen molar-refractivity contribution in [3.63, 3.8) is 0 Å². The zero-order valence-electron chi connectivity index (χ0n) is 24.4.